The average molecular weight is 390 g/mol. The second kappa shape index (κ2) is 9.41. The third-order valence-corrected chi connectivity index (χ3v) is 3.95. The zero-order valence-corrected chi connectivity index (χ0v) is 16.3. The maximum atomic E-state index is 12.2. The van der Waals surface area contributed by atoms with Gasteiger partial charge in [0.1, 0.15) is 17.2 Å². The van der Waals surface area contributed by atoms with Crippen LogP contribution >= 0.6 is 0 Å². The third kappa shape index (κ3) is 6.10. The van der Waals surface area contributed by atoms with E-state index in [1.54, 1.807) is 48.5 Å². The van der Waals surface area contributed by atoms with Crippen molar-refractivity contribution in [2.45, 2.75) is 13.8 Å². The maximum Gasteiger partial charge on any atom is 0.262 e. The Morgan fingerprint density at radius 1 is 0.828 bits per heavy atom. The van der Waals surface area contributed by atoms with Crippen LogP contribution < -0.4 is 20.1 Å². The lowest BCUT2D eigenvalue weighted by Crippen LogP contribution is -2.20. The van der Waals surface area contributed by atoms with E-state index in [9.17, 15) is 9.59 Å². The summed E-state index contributed by atoms with van der Waals surface area (Å²) < 4.78 is 11.3. The van der Waals surface area contributed by atoms with E-state index >= 15 is 0 Å². The summed E-state index contributed by atoms with van der Waals surface area (Å²) in [4.78, 5) is 23.4. The van der Waals surface area contributed by atoms with Gasteiger partial charge in [0.25, 0.3) is 5.91 Å². The van der Waals surface area contributed by atoms with E-state index in [1.807, 2.05) is 31.2 Å². The Labute approximate surface area is 169 Å². The Morgan fingerprint density at radius 3 is 2.10 bits per heavy atom. The lowest BCUT2D eigenvalue weighted by atomic mass is 10.2. The molecule has 0 aliphatic carbocycles. The van der Waals surface area contributed by atoms with Gasteiger partial charge in [0.05, 0.1) is 5.69 Å². The molecule has 0 unspecified atom stereocenters. The van der Waals surface area contributed by atoms with E-state index in [0.29, 0.717) is 22.9 Å². The van der Waals surface area contributed by atoms with E-state index in [1.165, 1.54) is 6.92 Å². The minimum Gasteiger partial charge on any atom is -0.482 e. The predicted octanol–water partition coefficient (Wildman–Crippen LogP) is 4.76. The molecular weight excluding hydrogens is 368 g/mol. The van der Waals surface area contributed by atoms with Gasteiger partial charge in [-0.2, -0.15) is 0 Å². The van der Waals surface area contributed by atoms with Gasteiger partial charge in [-0.1, -0.05) is 29.8 Å². The van der Waals surface area contributed by atoms with Crippen LogP contribution in [0.25, 0.3) is 0 Å². The monoisotopic (exact) mass is 390 g/mol. The number of amides is 2. The SMILES string of the molecule is CC(=O)Nc1ccccc1OCC(=O)Nc1ccc(Oc2ccc(C)cc2)cc1. The minimum absolute atomic E-state index is 0.182. The number of rotatable bonds is 7. The number of carbonyl (C=O) groups excluding carboxylic acids is 2. The van der Waals surface area contributed by atoms with Crippen molar-refractivity contribution in [3.8, 4) is 17.2 Å². The van der Waals surface area contributed by atoms with Crippen molar-refractivity contribution < 1.29 is 19.1 Å². The lowest BCUT2D eigenvalue weighted by molar-refractivity contribution is -0.118. The molecule has 0 heterocycles. The van der Waals surface area contributed by atoms with Gasteiger partial charge in [-0.05, 0) is 55.5 Å². The quantitative estimate of drug-likeness (QED) is 0.610. The zero-order chi connectivity index (χ0) is 20.6. The largest absolute Gasteiger partial charge is 0.482 e. The van der Waals surface area contributed by atoms with Crippen LogP contribution in [0.4, 0.5) is 11.4 Å². The molecular formula is C23H22N2O4. The van der Waals surface area contributed by atoms with Crippen LogP contribution in [-0.2, 0) is 9.59 Å². The molecule has 3 aromatic rings. The van der Waals surface area contributed by atoms with Crippen molar-refractivity contribution in [1.29, 1.82) is 0 Å². The number of anilines is 2. The van der Waals surface area contributed by atoms with Crippen LogP contribution in [0.3, 0.4) is 0 Å². The summed E-state index contributed by atoms with van der Waals surface area (Å²) in [6, 6.07) is 21.8. The molecule has 3 aromatic carbocycles. The highest BCUT2D eigenvalue weighted by Gasteiger charge is 2.08. The number of hydrogen-bond donors (Lipinski definition) is 2. The van der Waals surface area contributed by atoms with Gasteiger partial charge in [0.15, 0.2) is 6.61 Å². The first-order chi connectivity index (χ1) is 14.0. The van der Waals surface area contributed by atoms with E-state index in [4.69, 9.17) is 9.47 Å². The number of benzene rings is 3. The topological polar surface area (TPSA) is 76.7 Å². The molecule has 2 amide bonds. The summed E-state index contributed by atoms with van der Waals surface area (Å²) in [7, 11) is 0. The molecule has 3 rings (SSSR count). The van der Waals surface area contributed by atoms with E-state index in [-0.39, 0.29) is 18.4 Å². The van der Waals surface area contributed by atoms with Crippen molar-refractivity contribution >= 4 is 23.2 Å². The van der Waals surface area contributed by atoms with Crippen LogP contribution in [0.1, 0.15) is 12.5 Å². The molecule has 0 saturated heterocycles. The summed E-state index contributed by atoms with van der Waals surface area (Å²) in [5.74, 6) is 1.33. The lowest BCUT2D eigenvalue weighted by Gasteiger charge is -2.12. The highest BCUT2D eigenvalue weighted by Crippen LogP contribution is 2.25. The van der Waals surface area contributed by atoms with Crippen molar-refractivity contribution in [1.82, 2.24) is 0 Å². The number of nitrogens with one attached hydrogen (secondary N) is 2. The summed E-state index contributed by atoms with van der Waals surface area (Å²) >= 11 is 0. The first-order valence-electron chi connectivity index (χ1n) is 9.13. The fourth-order valence-corrected chi connectivity index (χ4v) is 2.57. The molecule has 0 saturated carbocycles. The van der Waals surface area contributed by atoms with Gasteiger partial charge >= 0.3 is 0 Å². The summed E-state index contributed by atoms with van der Waals surface area (Å²) in [5, 5.41) is 5.43. The average Bonchev–Trinajstić information content (AvgIpc) is 2.70. The Kier molecular flexibility index (Phi) is 6.47. The highest BCUT2D eigenvalue weighted by atomic mass is 16.5. The van der Waals surface area contributed by atoms with Gasteiger partial charge in [-0.25, -0.2) is 0 Å². The van der Waals surface area contributed by atoms with Crippen LogP contribution in [0.2, 0.25) is 0 Å². The molecule has 29 heavy (non-hydrogen) atoms. The fourth-order valence-electron chi connectivity index (χ4n) is 2.57. The first kappa shape index (κ1) is 19.9. The standard InChI is InChI=1S/C23H22N2O4/c1-16-7-11-19(12-8-16)29-20-13-9-18(10-14-20)25-23(27)15-28-22-6-4-3-5-21(22)24-17(2)26/h3-14H,15H2,1-2H3,(H,24,26)(H,25,27). The van der Waals surface area contributed by atoms with E-state index < -0.39 is 0 Å². The molecule has 148 valence electrons. The van der Waals surface area contributed by atoms with Crippen LogP contribution in [0.15, 0.2) is 72.8 Å². The highest BCUT2D eigenvalue weighted by molar-refractivity contribution is 5.92. The second-order valence-corrected chi connectivity index (χ2v) is 6.45. The molecule has 6 nitrogen and oxygen atoms in total. The van der Waals surface area contributed by atoms with Gasteiger partial charge in [0, 0.05) is 12.6 Å². The normalized spacial score (nSPS) is 10.1. The molecule has 0 fully saturated rings. The number of para-hydroxylation sites is 2. The van der Waals surface area contributed by atoms with Gasteiger partial charge in [-0.3, -0.25) is 9.59 Å². The number of ether oxygens (including phenoxy) is 2. The summed E-state index contributed by atoms with van der Waals surface area (Å²) in [6.07, 6.45) is 0. The van der Waals surface area contributed by atoms with Crippen LogP contribution in [0.5, 0.6) is 17.2 Å². The molecule has 0 spiro atoms. The van der Waals surface area contributed by atoms with Crippen LogP contribution in [0, 0.1) is 6.92 Å². The van der Waals surface area contributed by atoms with Gasteiger partial charge in [0.2, 0.25) is 5.91 Å². The molecule has 2 N–H and O–H groups in total. The number of hydrogen-bond acceptors (Lipinski definition) is 4. The number of carbonyl (C=O) groups is 2. The Morgan fingerprint density at radius 2 is 1.45 bits per heavy atom. The van der Waals surface area contributed by atoms with E-state index in [2.05, 4.69) is 10.6 Å². The molecule has 0 aromatic heterocycles. The third-order valence-electron chi connectivity index (χ3n) is 3.95. The summed E-state index contributed by atoms with van der Waals surface area (Å²) in [5.41, 5.74) is 2.31. The predicted molar refractivity (Wildman–Crippen MR) is 113 cm³/mol. The van der Waals surface area contributed by atoms with Crippen molar-refractivity contribution in [3.05, 3.63) is 78.4 Å². The molecule has 0 atom stereocenters. The fraction of sp³-hybridized carbons (Fsp3) is 0.130. The van der Waals surface area contributed by atoms with Crippen molar-refractivity contribution in [2.24, 2.45) is 0 Å². The molecule has 0 aliphatic heterocycles. The van der Waals surface area contributed by atoms with Crippen molar-refractivity contribution in [2.75, 3.05) is 17.2 Å². The second-order valence-electron chi connectivity index (χ2n) is 6.45. The Balaban J connectivity index is 1.53. The Bertz CT molecular complexity index is 983. The first-order valence-corrected chi connectivity index (χ1v) is 9.13. The molecule has 6 heteroatoms. The van der Waals surface area contributed by atoms with Crippen LogP contribution in [-0.4, -0.2) is 18.4 Å². The zero-order valence-electron chi connectivity index (χ0n) is 16.3. The molecule has 0 radical (unpaired) electrons. The summed E-state index contributed by atoms with van der Waals surface area (Å²) in [6.45, 7) is 3.25. The maximum absolute atomic E-state index is 12.2. The van der Waals surface area contributed by atoms with Gasteiger partial charge < -0.3 is 20.1 Å². The number of aryl methyl sites for hydroxylation is 1. The minimum atomic E-state index is -0.310. The van der Waals surface area contributed by atoms with E-state index in [0.717, 1.165) is 11.3 Å². The molecule has 0 aliphatic rings. The van der Waals surface area contributed by atoms with Crippen molar-refractivity contribution in [3.63, 3.8) is 0 Å². The van der Waals surface area contributed by atoms with Gasteiger partial charge in [-0.15, -0.1) is 0 Å². The Hall–Kier alpha value is -3.80. The molecule has 0 bridgehead atoms. The smallest absolute Gasteiger partial charge is 0.262 e.